The van der Waals surface area contributed by atoms with E-state index in [2.05, 4.69) is 0 Å². The molecule has 152 valence electrons. The van der Waals surface area contributed by atoms with Gasteiger partial charge in [0, 0.05) is 24.5 Å². The second-order valence-corrected chi connectivity index (χ2v) is 7.13. The quantitative estimate of drug-likeness (QED) is 0.616. The average Bonchev–Trinajstić information content (AvgIpc) is 3.14. The molecule has 0 N–H and O–H groups in total. The van der Waals surface area contributed by atoms with Crippen molar-refractivity contribution in [3.8, 4) is 0 Å². The maximum absolute atomic E-state index is 13.2. The van der Waals surface area contributed by atoms with E-state index in [-0.39, 0.29) is 24.3 Å². The van der Waals surface area contributed by atoms with Gasteiger partial charge in [-0.15, -0.1) is 0 Å². The zero-order valence-corrected chi connectivity index (χ0v) is 16.4. The molecule has 0 atom stereocenters. The third-order valence-corrected chi connectivity index (χ3v) is 5.11. The molecule has 3 amide bonds. The SMILES string of the molecule is O=C(CN1CCN(c2ccc(F)cc2)C1=O)N(Cc1ccccc1)c1ccccc1. The van der Waals surface area contributed by atoms with E-state index in [4.69, 9.17) is 0 Å². The number of hydrogen-bond donors (Lipinski definition) is 0. The third-order valence-electron chi connectivity index (χ3n) is 5.11. The third kappa shape index (κ3) is 4.33. The molecular formula is C24H22FN3O2. The highest BCUT2D eigenvalue weighted by atomic mass is 19.1. The summed E-state index contributed by atoms with van der Waals surface area (Å²) in [5.74, 6) is -0.504. The number of carbonyl (C=O) groups is 2. The highest BCUT2D eigenvalue weighted by Crippen LogP contribution is 2.22. The second-order valence-electron chi connectivity index (χ2n) is 7.13. The number of para-hydroxylation sites is 1. The molecule has 1 heterocycles. The number of anilines is 2. The van der Waals surface area contributed by atoms with Gasteiger partial charge in [0.15, 0.2) is 0 Å². The van der Waals surface area contributed by atoms with Gasteiger partial charge in [-0.25, -0.2) is 9.18 Å². The second kappa shape index (κ2) is 8.78. The van der Waals surface area contributed by atoms with Gasteiger partial charge in [-0.3, -0.25) is 9.69 Å². The van der Waals surface area contributed by atoms with Gasteiger partial charge in [0.1, 0.15) is 12.4 Å². The standard InChI is InChI=1S/C24H22FN3O2/c25-20-11-13-22(14-12-20)27-16-15-26(24(27)30)18-23(29)28(21-9-5-2-6-10-21)17-19-7-3-1-4-8-19/h1-14H,15-18H2. The number of amides is 3. The van der Waals surface area contributed by atoms with Gasteiger partial charge < -0.3 is 9.80 Å². The first kappa shape index (κ1) is 19.6. The lowest BCUT2D eigenvalue weighted by Gasteiger charge is -2.26. The lowest BCUT2D eigenvalue weighted by atomic mass is 10.2. The van der Waals surface area contributed by atoms with Crippen LogP contribution in [0.15, 0.2) is 84.9 Å². The molecule has 0 spiro atoms. The average molecular weight is 403 g/mol. The van der Waals surface area contributed by atoms with E-state index < -0.39 is 0 Å². The predicted octanol–water partition coefficient (Wildman–Crippen LogP) is 4.30. The molecule has 1 aliphatic heterocycles. The number of urea groups is 1. The number of carbonyl (C=O) groups excluding carboxylic acids is 2. The summed E-state index contributed by atoms with van der Waals surface area (Å²) in [6, 6.07) is 24.8. The Labute approximate surface area is 174 Å². The van der Waals surface area contributed by atoms with Crippen LogP contribution >= 0.6 is 0 Å². The Hall–Kier alpha value is -3.67. The smallest absolute Gasteiger partial charge is 0.313 e. The molecule has 0 bridgehead atoms. The molecule has 4 rings (SSSR count). The number of rotatable bonds is 6. The number of benzene rings is 3. The largest absolute Gasteiger partial charge is 0.325 e. The summed E-state index contributed by atoms with van der Waals surface area (Å²) in [6.45, 7) is 1.31. The predicted molar refractivity (Wildman–Crippen MR) is 115 cm³/mol. The van der Waals surface area contributed by atoms with Gasteiger partial charge >= 0.3 is 6.03 Å². The molecule has 0 radical (unpaired) electrons. The summed E-state index contributed by atoms with van der Waals surface area (Å²) in [7, 11) is 0. The Morgan fingerprint density at radius 3 is 2.17 bits per heavy atom. The van der Waals surface area contributed by atoms with Crippen LogP contribution in [0.5, 0.6) is 0 Å². The number of nitrogens with zero attached hydrogens (tertiary/aromatic N) is 3. The monoisotopic (exact) mass is 403 g/mol. The van der Waals surface area contributed by atoms with Gasteiger partial charge in [0.25, 0.3) is 0 Å². The first-order chi connectivity index (χ1) is 14.6. The Balaban J connectivity index is 1.49. The van der Waals surface area contributed by atoms with Crippen LogP contribution in [0.3, 0.4) is 0 Å². The van der Waals surface area contributed by atoms with Crippen molar-refractivity contribution in [2.24, 2.45) is 0 Å². The molecule has 1 fully saturated rings. The van der Waals surface area contributed by atoms with Crippen molar-refractivity contribution in [3.05, 3.63) is 96.3 Å². The van der Waals surface area contributed by atoms with Crippen LogP contribution in [0.1, 0.15) is 5.56 Å². The van der Waals surface area contributed by atoms with Crippen LogP contribution in [-0.4, -0.2) is 36.5 Å². The molecule has 1 aliphatic rings. The molecule has 3 aromatic rings. The Morgan fingerprint density at radius 1 is 0.867 bits per heavy atom. The molecule has 0 unspecified atom stereocenters. The zero-order valence-electron chi connectivity index (χ0n) is 16.4. The molecule has 0 aromatic heterocycles. The van der Waals surface area contributed by atoms with Crippen molar-refractivity contribution < 1.29 is 14.0 Å². The maximum Gasteiger partial charge on any atom is 0.325 e. The molecule has 1 saturated heterocycles. The fraction of sp³-hybridized carbons (Fsp3) is 0.167. The highest BCUT2D eigenvalue weighted by molar-refractivity contribution is 6.00. The molecule has 30 heavy (non-hydrogen) atoms. The van der Waals surface area contributed by atoms with Crippen LogP contribution in [0, 0.1) is 5.82 Å². The van der Waals surface area contributed by atoms with E-state index in [0.29, 0.717) is 25.3 Å². The molecule has 6 heteroatoms. The van der Waals surface area contributed by atoms with E-state index in [1.165, 1.54) is 17.0 Å². The molecular weight excluding hydrogens is 381 g/mol. The summed E-state index contributed by atoms with van der Waals surface area (Å²) < 4.78 is 13.2. The molecule has 0 aliphatic carbocycles. The highest BCUT2D eigenvalue weighted by Gasteiger charge is 2.32. The van der Waals surface area contributed by atoms with E-state index in [1.807, 2.05) is 60.7 Å². The van der Waals surface area contributed by atoms with Gasteiger partial charge in [0.2, 0.25) is 5.91 Å². The minimum atomic E-state index is -0.350. The van der Waals surface area contributed by atoms with E-state index in [1.54, 1.807) is 21.9 Å². The van der Waals surface area contributed by atoms with Gasteiger partial charge in [-0.1, -0.05) is 48.5 Å². The number of hydrogen-bond acceptors (Lipinski definition) is 2. The summed E-state index contributed by atoms with van der Waals surface area (Å²) in [5.41, 5.74) is 2.42. The maximum atomic E-state index is 13.2. The van der Waals surface area contributed by atoms with Gasteiger partial charge in [-0.2, -0.15) is 0 Å². The number of halogens is 1. The van der Waals surface area contributed by atoms with E-state index in [9.17, 15) is 14.0 Å². The molecule has 0 saturated carbocycles. The minimum Gasteiger partial charge on any atom is -0.313 e. The van der Waals surface area contributed by atoms with Crippen molar-refractivity contribution in [1.82, 2.24) is 4.90 Å². The van der Waals surface area contributed by atoms with Crippen molar-refractivity contribution in [2.45, 2.75) is 6.54 Å². The Bertz CT molecular complexity index is 1010. The van der Waals surface area contributed by atoms with Crippen molar-refractivity contribution >= 4 is 23.3 Å². The van der Waals surface area contributed by atoms with Crippen molar-refractivity contribution in [2.75, 3.05) is 29.4 Å². The summed E-state index contributed by atoms with van der Waals surface area (Å²) in [5, 5.41) is 0. The van der Waals surface area contributed by atoms with Crippen molar-refractivity contribution in [1.29, 1.82) is 0 Å². The topological polar surface area (TPSA) is 43.9 Å². The first-order valence-electron chi connectivity index (χ1n) is 9.83. The first-order valence-corrected chi connectivity index (χ1v) is 9.83. The fourth-order valence-corrected chi connectivity index (χ4v) is 3.54. The lowest BCUT2D eigenvalue weighted by molar-refractivity contribution is -0.119. The van der Waals surface area contributed by atoms with Crippen LogP contribution in [0.2, 0.25) is 0 Å². The summed E-state index contributed by atoms with van der Waals surface area (Å²) >= 11 is 0. The van der Waals surface area contributed by atoms with Crippen LogP contribution in [-0.2, 0) is 11.3 Å². The minimum absolute atomic E-state index is 0.0156. The Morgan fingerprint density at radius 2 is 1.50 bits per heavy atom. The van der Waals surface area contributed by atoms with E-state index >= 15 is 0 Å². The van der Waals surface area contributed by atoms with Crippen LogP contribution in [0.25, 0.3) is 0 Å². The van der Waals surface area contributed by atoms with Gasteiger partial charge in [0.05, 0.1) is 6.54 Å². The summed E-state index contributed by atoms with van der Waals surface area (Å²) in [4.78, 5) is 30.8. The van der Waals surface area contributed by atoms with E-state index in [0.717, 1.165) is 11.3 Å². The molecule has 5 nitrogen and oxygen atoms in total. The normalized spacial score (nSPS) is 13.6. The van der Waals surface area contributed by atoms with Crippen molar-refractivity contribution in [3.63, 3.8) is 0 Å². The zero-order chi connectivity index (χ0) is 20.9. The summed E-state index contributed by atoms with van der Waals surface area (Å²) in [6.07, 6.45) is 0. The fourth-order valence-electron chi connectivity index (χ4n) is 3.54. The van der Waals surface area contributed by atoms with Gasteiger partial charge in [-0.05, 0) is 42.0 Å². The molecule has 3 aromatic carbocycles. The Kier molecular flexibility index (Phi) is 5.75. The van der Waals surface area contributed by atoms with Crippen LogP contribution in [0.4, 0.5) is 20.6 Å². The lowest BCUT2D eigenvalue weighted by Crippen LogP contribution is -2.42. The van der Waals surface area contributed by atoms with Crippen LogP contribution < -0.4 is 9.80 Å².